The summed E-state index contributed by atoms with van der Waals surface area (Å²) in [5, 5.41) is 5.49. The summed E-state index contributed by atoms with van der Waals surface area (Å²) in [6.07, 6.45) is 4.72. The molecular weight excluding hydrogens is 504 g/mol. The molecule has 0 fully saturated rings. The zero-order valence-corrected chi connectivity index (χ0v) is 22.1. The number of benzene rings is 4. The molecule has 4 rings (SSSR count). The second-order valence-electron chi connectivity index (χ2n) is 8.59. The molecule has 40 heavy (non-hydrogen) atoms. The van der Waals surface area contributed by atoms with Crippen molar-refractivity contribution in [3.8, 4) is 11.5 Å². The van der Waals surface area contributed by atoms with Gasteiger partial charge in [-0.3, -0.25) is 14.4 Å². The van der Waals surface area contributed by atoms with Gasteiger partial charge in [0.1, 0.15) is 17.2 Å². The van der Waals surface area contributed by atoms with Crippen LogP contribution in [0.15, 0.2) is 115 Å². The van der Waals surface area contributed by atoms with Crippen molar-refractivity contribution in [1.29, 1.82) is 0 Å². The van der Waals surface area contributed by atoms with E-state index in [2.05, 4.69) is 10.6 Å². The number of para-hydroxylation sites is 2. The molecule has 0 aliphatic carbocycles. The number of rotatable bonds is 10. The van der Waals surface area contributed by atoms with E-state index >= 15 is 0 Å². The average molecular weight is 533 g/mol. The van der Waals surface area contributed by atoms with Crippen LogP contribution in [0.2, 0.25) is 0 Å². The minimum Gasteiger partial charge on any atom is -0.496 e. The fraction of sp³-hybridized carbons (Fsp3) is 0.0606. The molecule has 2 N–H and O–H groups in total. The average Bonchev–Trinajstić information content (AvgIpc) is 3.00. The molecule has 0 aromatic heterocycles. The number of nitrogens with one attached hydrogen (secondary N) is 2. The third kappa shape index (κ3) is 7.11. The van der Waals surface area contributed by atoms with Crippen molar-refractivity contribution in [3.05, 3.63) is 137 Å². The maximum atomic E-state index is 13.3. The van der Waals surface area contributed by atoms with E-state index in [1.807, 2.05) is 30.3 Å². The molecule has 0 bridgehead atoms. The Kier molecular flexibility index (Phi) is 9.24. The first-order valence-corrected chi connectivity index (χ1v) is 12.5. The van der Waals surface area contributed by atoms with Crippen LogP contribution in [-0.4, -0.2) is 31.8 Å². The summed E-state index contributed by atoms with van der Waals surface area (Å²) in [5.74, 6) is 0.0485. The molecule has 200 valence electrons. The number of methoxy groups -OCH3 is 2. The largest absolute Gasteiger partial charge is 0.496 e. The third-order valence-corrected chi connectivity index (χ3v) is 5.95. The van der Waals surface area contributed by atoms with Crippen LogP contribution in [-0.2, 0) is 4.79 Å². The van der Waals surface area contributed by atoms with Crippen LogP contribution < -0.4 is 20.1 Å². The summed E-state index contributed by atoms with van der Waals surface area (Å²) >= 11 is 0. The van der Waals surface area contributed by atoms with Gasteiger partial charge in [-0.25, -0.2) is 0 Å². The molecule has 0 heterocycles. The summed E-state index contributed by atoms with van der Waals surface area (Å²) in [7, 11) is 3.11. The zero-order chi connectivity index (χ0) is 28.3. The quantitative estimate of drug-likeness (QED) is 0.193. The third-order valence-electron chi connectivity index (χ3n) is 5.95. The number of carbonyl (C=O) groups is 3. The van der Waals surface area contributed by atoms with Gasteiger partial charge in [-0.2, -0.15) is 0 Å². The van der Waals surface area contributed by atoms with E-state index in [4.69, 9.17) is 9.47 Å². The molecule has 7 nitrogen and oxygen atoms in total. The number of carbonyl (C=O) groups excluding carboxylic acids is 3. The van der Waals surface area contributed by atoms with Crippen molar-refractivity contribution in [2.45, 2.75) is 0 Å². The van der Waals surface area contributed by atoms with Gasteiger partial charge in [-0.05, 0) is 66.8 Å². The lowest BCUT2D eigenvalue weighted by molar-refractivity contribution is -0.113. The molecular formula is C33H28N2O5. The molecule has 2 amide bonds. The highest BCUT2D eigenvalue weighted by Gasteiger charge is 2.16. The Morgan fingerprint density at radius 1 is 0.650 bits per heavy atom. The smallest absolute Gasteiger partial charge is 0.272 e. The van der Waals surface area contributed by atoms with Crippen LogP contribution in [0.25, 0.3) is 12.2 Å². The van der Waals surface area contributed by atoms with Gasteiger partial charge < -0.3 is 20.1 Å². The van der Waals surface area contributed by atoms with E-state index in [0.717, 1.165) is 5.56 Å². The molecule has 0 aliphatic rings. The van der Waals surface area contributed by atoms with Crippen LogP contribution in [0.3, 0.4) is 0 Å². The van der Waals surface area contributed by atoms with E-state index in [0.29, 0.717) is 33.9 Å². The minimum absolute atomic E-state index is 0.0262. The first kappa shape index (κ1) is 27.6. The van der Waals surface area contributed by atoms with Crippen molar-refractivity contribution in [1.82, 2.24) is 5.32 Å². The van der Waals surface area contributed by atoms with Crippen LogP contribution in [0, 0.1) is 0 Å². The van der Waals surface area contributed by atoms with Crippen molar-refractivity contribution in [3.63, 3.8) is 0 Å². The highest BCUT2D eigenvalue weighted by molar-refractivity contribution is 6.11. The minimum atomic E-state index is -0.537. The Morgan fingerprint density at radius 2 is 1.23 bits per heavy atom. The standard InChI is InChI=1S/C33H28N2O5/c1-39-30-14-8-6-10-24(30)18-21-29(36)23-16-19-27(20-17-23)34-33(38)28(22-26-13-7-9-15-31(26)40-2)35-32(37)25-11-4-3-5-12-25/h3-22H,1-2H3,(H,34,38)(H,35,37)/b21-18+,28-22-. The van der Waals surface area contributed by atoms with Crippen molar-refractivity contribution in [2.75, 3.05) is 19.5 Å². The topological polar surface area (TPSA) is 93.7 Å². The van der Waals surface area contributed by atoms with Gasteiger partial charge in [-0.15, -0.1) is 0 Å². The maximum Gasteiger partial charge on any atom is 0.272 e. The summed E-state index contributed by atoms with van der Waals surface area (Å²) in [6.45, 7) is 0. The molecule has 0 atom stereocenters. The normalized spacial score (nSPS) is 11.1. The summed E-state index contributed by atoms with van der Waals surface area (Å²) < 4.78 is 10.7. The second-order valence-corrected chi connectivity index (χ2v) is 8.59. The van der Waals surface area contributed by atoms with Gasteiger partial charge in [0, 0.05) is 27.9 Å². The van der Waals surface area contributed by atoms with Crippen LogP contribution >= 0.6 is 0 Å². The summed E-state index contributed by atoms with van der Waals surface area (Å²) in [5.41, 5.74) is 2.74. The van der Waals surface area contributed by atoms with Gasteiger partial charge in [0.2, 0.25) is 0 Å². The van der Waals surface area contributed by atoms with E-state index in [9.17, 15) is 14.4 Å². The highest BCUT2D eigenvalue weighted by Crippen LogP contribution is 2.22. The zero-order valence-electron chi connectivity index (χ0n) is 22.1. The predicted molar refractivity (Wildman–Crippen MR) is 156 cm³/mol. The number of anilines is 1. The summed E-state index contributed by atoms with van der Waals surface area (Å²) in [4.78, 5) is 38.9. The Hall–Kier alpha value is -5.43. The number of ether oxygens (including phenoxy) is 2. The van der Waals surface area contributed by atoms with Gasteiger partial charge >= 0.3 is 0 Å². The number of ketones is 1. The lowest BCUT2D eigenvalue weighted by Crippen LogP contribution is -2.30. The van der Waals surface area contributed by atoms with Gasteiger partial charge in [0.25, 0.3) is 11.8 Å². The molecule has 4 aromatic carbocycles. The summed E-state index contributed by atoms with van der Waals surface area (Å²) in [6, 6.07) is 29.7. The Balaban J connectivity index is 1.52. The van der Waals surface area contributed by atoms with Gasteiger partial charge in [-0.1, -0.05) is 54.6 Å². The fourth-order valence-corrected chi connectivity index (χ4v) is 3.87. The first-order chi connectivity index (χ1) is 19.5. The number of allylic oxidation sites excluding steroid dienone is 1. The predicted octanol–water partition coefficient (Wildman–Crippen LogP) is 6.01. The Bertz CT molecular complexity index is 1560. The molecule has 0 aliphatic heterocycles. The number of hydrogen-bond acceptors (Lipinski definition) is 5. The molecule has 0 unspecified atom stereocenters. The van der Waals surface area contributed by atoms with E-state index in [1.165, 1.54) is 13.2 Å². The van der Waals surface area contributed by atoms with Crippen LogP contribution in [0.4, 0.5) is 5.69 Å². The van der Waals surface area contributed by atoms with E-state index in [1.54, 1.807) is 92.1 Å². The van der Waals surface area contributed by atoms with Crippen molar-refractivity contribution >= 4 is 35.4 Å². The molecule has 0 spiro atoms. The molecule has 0 radical (unpaired) electrons. The van der Waals surface area contributed by atoms with Crippen molar-refractivity contribution < 1.29 is 23.9 Å². The van der Waals surface area contributed by atoms with Gasteiger partial charge in [0.05, 0.1) is 14.2 Å². The van der Waals surface area contributed by atoms with E-state index < -0.39 is 11.8 Å². The Labute approximate surface area is 232 Å². The monoisotopic (exact) mass is 532 g/mol. The molecule has 0 saturated carbocycles. The SMILES string of the molecule is COc1ccccc1/C=C(\NC(=O)c1ccccc1)C(=O)Nc1ccc(C(=O)/C=C/c2ccccc2OC)cc1. The van der Waals surface area contributed by atoms with E-state index in [-0.39, 0.29) is 11.5 Å². The lowest BCUT2D eigenvalue weighted by atomic mass is 10.1. The maximum absolute atomic E-state index is 13.3. The first-order valence-electron chi connectivity index (χ1n) is 12.5. The molecule has 0 saturated heterocycles. The lowest BCUT2D eigenvalue weighted by Gasteiger charge is -2.13. The van der Waals surface area contributed by atoms with Crippen molar-refractivity contribution in [2.24, 2.45) is 0 Å². The second kappa shape index (κ2) is 13.4. The number of hydrogen-bond donors (Lipinski definition) is 2. The van der Waals surface area contributed by atoms with Crippen LogP contribution in [0.1, 0.15) is 31.8 Å². The fourth-order valence-electron chi connectivity index (χ4n) is 3.87. The highest BCUT2D eigenvalue weighted by atomic mass is 16.5. The molecule has 7 heteroatoms. The number of amides is 2. The van der Waals surface area contributed by atoms with Crippen LogP contribution in [0.5, 0.6) is 11.5 Å². The molecule has 4 aromatic rings. The van der Waals surface area contributed by atoms with Gasteiger partial charge in [0.15, 0.2) is 5.78 Å². The Morgan fingerprint density at radius 3 is 1.88 bits per heavy atom.